The van der Waals surface area contributed by atoms with Gasteiger partial charge in [0.2, 0.25) is 5.75 Å². The van der Waals surface area contributed by atoms with Crippen LogP contribution in [0.15, 0.2) is 6.33 Å². The van der Waals surface area contributed by atoms with E-state index in [-0.39, 0.29) is 5.82 Å². The van der Waals surface area contributed by atoms with Gasteiger partial charge in [0.15, 0.2) is 11.6 Å². The zero-order valence-corrected chi connectivity index (χ0v) is 8.90. The first kappa shape index (κ1) is 11.5. The molecule has 0 aliphatic heterocycles. The highest BCUT2D eigenvalue weighted by molar-refractivity contribution is 5.61. The van der Waals surface area contributed by atoms with Crippen molar-refractivity contribution in [3.05, 3.63) is 6.33 Å². The first-order valence-corrected chi connectivity index (χ1v) is 4.75. The molecule has 1 rings (SSSR count). The molecule has 6 heteroatoms. The molecule has 15 heavy (non-hydrogen) atoms. The van der Waals surface area contributed by atoms with Crippen LogP contribution in [0.1, 0.15) is 13.3 Å². The molecule has 84 valence electrons. The lowest BCUT2D eigenvalue weighted by Crippen LogP contribution is -2.19. The summed E-state index contributed by atoms with van der Waals surface area (Å²) in [6, 6.07) is 0. The second-order valence-corrected chi connectivity index (χ2v) is 3.08. The molecule has 0 fully saturated rings. The maximum absolute atomic E-state index is 9.37. The predicted octanol–water partition coefficient (Wildman–Crippen LogP) is 0.250. The Balaban J connectivity index is 2.72. The Hall–Kier alpha value is -1.56. The number of hydrogen-bond acceptors (Lipinski definition) is 6. The number of aromatic nitrogens is 2. The number of aliphatic hydroxyl groups excluding tert-OH is 1. The van der Waals surface area contributed by atoms with Crippen molar-refractivity contribution in [3.63, 3.8) is 0 Å². The molecule has 1 aromatic heterocycles. The summed E-state index contributed by atoms with van der Waals surface area (Å²) in [4.78, 5) is 7.78. The summed E-state index contributed by atoms with van der Waals surface area (Å²) in [6.07, 6.45) is 1.61. The maximum atomic E-state index is 9.37. The van der Waals surface area contributed by atoms with E-state index in [1.54, 1.807) is 0 Å². The number of ether oxygens (including phenoxy) is 1. The number of aliphatic hydroxyl groups is 1. The standard InChI is InChI=1S/C9H16N4O2/c1-3-6(14)4-11-9-7(15-2)8(10)12-5-13-9/h5-6,14H,3-4H2,1-2H3,(H3,10,11,12,13). The second kappa shape index (κ2) is 5.35. The Morgan fingerprint density at radius 3 is 2.93 bits per heavy atom. The first-order chi connectivity index (χ1) is 7.19. The van der Waals surface area contributed by atoms with Crippen molar-refractivity contribution in [1.29, 1.82) is 0 Å². The van der Waals surface area contributed by atoms with E-state index >= 15 is 0 Å². The Morgan fingerprint density at radius 1 is 1.60 bits per heavy atom. The highest BCUT2D eigenvalue weighted by atomic mass is 16.5. The minimum absolute atomic E-state index is 0.279. The molecule has 0 amide bonds. The van der Waals surface area contributed by atoms with Crippen molar-refractivity contribution in [2.45, 2.75) is 19.4 Å². The summed E-state index contributed by atoms with van der Waals surface area (Å²) in [7, 11) is 1.50. The van der Waals surface area contributed by atoms with E-state index in [1.807, 2.05) is 6.92 Å². The van der Waals surface area contributed by atoms with Crippen molar-refractivity contribution >= 4 is 11.6 Å². The van der Waals surface area contributed by atoms with Crippen LogP contribution in [-0.2, 0) is 0 Å². The number of nitrogens with two attached hydrogens (primary N) is 1. The Labute approximate surface area is 88.5 Å². The molecule has 0 radical (unpaired) electrons. The van der Waals surface area contributed by atoms with Gasteiger partial charge in [0.1, 0.15) is 6.33 Å². The van der Waals surface area contributed by atoms with Gasteiger partial charge >= 0.3 is 0 Å². The summed E-state index contributed by atoms with van der Waals surface area (Å²) in [5, 5.41) is 12.3. The third-order valence-electron chi connectivity index (χ3n) is 2.01. The number of nitrogens with zero attached hydrogens (tertiary/aromatic N) is 2. The molecule has 6 nitrogen and oxygen atoms in total. The van der Waals surface area contributed by atoms with E-state index in [9.17, 15) is 5.11 Å². The summed E-state index contributed by atoms with van der Waals surface area (Å²) < 4.78 is 5.05. The summed E-state index contributed by atoms with van der Waals surface area (Å²) in [6.45, 7) is 2.31. The van der Waals surface area contributed by atoms with Gasteiger partial charge in [-0.1, -0.05) is 6.92 Å². The lowest BCUT2D eigenvalue weighted by atomic mass is 10.3. The van der Waals surface area contributed by atoms with Crippen molar-refractivity contribution in [3.8, 4) is 5.75 Å². The van der Waals surface area contributed by atoms with Crippen LogP contribution in [0, 0.1) is 0 Å². The lowest BCUT2D eigenvalue weighted by Gasteiger charge is -2.13. The molecule has 1 atom stereocenters. The topological polar surface area (TPSA) is 93.3 Å². The second-order valence-electron chi connectivity index (χ2n) is 3.08. The van der Waals surface area contributed by atoms with Gasteiger partial charge in [0, 0.05) is 6.54 Å². The van der Waals surface area contributed by atoms with E-state index in [1.165, 1.54) is 13.4 Å². The smallest absolute Gasteiger partial charge is 0.203 e. The SMILES string of the molecule is CCC(O)CNc1ncnc(N)c1OC. The van der Waals surface area contributed by atoms with Crippen LogP contribution in [-0.4, -0.2) is 34.8 Å². The van der Waals surface area contributed by atoms with Gasteiger partial charge in [-0.25, -0.2) is 9.97 Å². The average molecular weight is 212 g/mol. The van der Waals surface area contributed by atoms with E-state index in [4.69, 9.17) is 10.5 Å². The van der Waals surface area contributed by atoms with Crippen LogP contribution in [0.4, 0.5) is 11.6 Å². The molecule has 0 bridgehead atoms. The van der Waals surface area contributed by atoms with Crippen LogP contribution < -0.4 is 15.8 Å². The van der Waals surface area contributed by atoms with Crippen molar-refractivity contribution < 1.29 is 9.84 Å². The van der Waals surface area contributed by atoms with Crippen LogP contribution in [0.3, 0.4) is 0 Å². The number of hydrogen-bond donors (Lipinski definition) is 3. The van der Waals surface area contributed by atoms with E-state index < -0.39 is 6.10 Å². The van der Waals surface area contributed by atoms with Gasteiger partial charge in [0.05, 0.1) is 13.2 Å². The van der Waals surface area contributed by atoms with Crippen LogP contribution in [0.5, 0.6) is 5.75 Å². The molecule has 1 unspecified atom stereocenters. The monoisotopic (exact) mass is 212 g/mol. The maximum Gasteiger partial charge on any atom is 0.203 e. The molecular formula is C9H16N4O2. The van der Waals surface area contributed by atoms with Crippen molar-refractivity contribution in [1.82, 2.24) is 9.97 Å². The Bertz CT molecular complexity index is 319. The number of methoxy groups -OCH3 is 1. The fourth-order valence-corrected chi connectivity index (χ4v) is 1.07. The van der Waals surface area contributed by atoms with Gasteiger partial charge in [-0.15, -0.1) is 0 Å². The summed E-state index contributed by atoms with van der Waals surface area (Å²) in [5.41, 5.74) is 5.59. The van der Waals surface area contributed by atoms with Crippen molar-refractivity contribution in [2.24, 2.45) is 0 Å². The minimum Gasteiger partial charge on any atom is -0.490 e. The van der Waals surface area contributed by atoms with Gasteiger partial charge in [-0.2, -0.15) is 0 Å². The number of nitrogens with one attached hydrogen (secondary N) is 1. The highest BCUT2D eigenvalue weighted by Gasteiger charge is 2.10. The molecule has 0 saturated carbocycles. The fourth-order valence-electron chi connectivity index (χ4n) is 1.07. The van der Waals surface area contributed by atoms with E-state index in [0.717, 1.165) is 0 Å². The summed E-state index contributed by atoms with van der Waals surface area (Å²) >= 11 is 0. The van der Waals surface area contributed by atoms with Gasteiger partial charge in [-0.05, 0) is 6.42 Å². The van der Waals surface area contributed by atoms with Gasteiger partial charge < -0.3 is 20.9 Å². The fraction of sp³-hybridized carbons (Fsp3) is 0.556. The molecule has 1 aromatic rings. The van der Waals surface area contributed by atoms with Crippen molar-refractivity contribution in [2.75, 3.05) is 24.7 Å². The van der Waals surface area contributed by atoms with Gasteiger partial charge in [-0.3, -0.25) is 0 Å². The molecular weight excluding hydrogens is 196 g/mol. The van der Waals surface area contributed by atoms with E-state index in [2.05, 4.69) is 15.3 Å². The number of anilines is 2. The molecule has 0 aliphatic carbocycles. The largest absolute Gasteiger partial charge is 0.490 e. The molecule has 4 N–H and O–H groups in total. The highest BCUT2D eigenvalue weighted by Crippen LogP contribution is 2.25. The number of rotatable bonds is 5. The minimum atomic E-state index is -0.411. The van der Waals surface area contributed by atoms with Crippen LogP contribution in [0.25, 0.3) is 0 Å². The first-order valence-electron chi connectivity index (χ1n) is 4.75. The van der Waals surface area contributed by atoms with Gasteiger partial charge in [0.25, 0.3) is 0 Å². The Morgan fingerprint density at radius 2 is 2.33 bits per heavy atom. The zero-order chi connectivity index (χ0) is 11.3. The third kappa shape index (κ3) is 2.95. The molecule has 0 aliphatic rings. The van der Waals surface area contributed by atoms with E-state index in [0.29, 0.717) is 24.5 Å². The van der Waals surface area contributed by atoms with Crippen LogP contribution in [0.2, 0.25) is 0 Å². The molecule has 1 heterocycles. The normalized spacial score (nSPS) is 12.2. The predicted molar refractivity (Wildman–Crippen MR) is 57.8 cm³/mol. The summed E-state index contributed by atoms with van der Waals surface area (Å²) in [5.74, 6) is 1.18. The average Bonchev–Trinajstić information content (AvgIpc) is 2.25. The number of nitrogen functional groups attached to an aromatic ring is 1. The van der Waals surface area contributed by atoms with Crippen LogP contribution >= 0.6 is 0 Å². The molecule has 0 spiro atoms. The lowest BCUT2D eigenvalue weighted by molar-refractivity contribution is 0.183. The quantitative estimate of drug-likeness (QED) is 0.647. The third-order valence-corrected chi connectivity index (χ3v) is 2.01. The zero-order valence-electron chi connectivity index (χ0n) is 8.90. The Kier molecular flexibility index (Phi) is 4.11. The molecule has 0 aromatic carbocycles. The molecule has 0 saturated heterocycles.